The molecule has 31 heavy (non-hydrogen) atoms. The molecule has 0 radical (unpaired) electrons. The van der Waals surface area contributed by atoms with Gasteiger partial charge in [0.25, 0.3) is 0 Å². The highest BCUT2D eigenvalue weighted by molar-refractivity contribution is 5.93. The Bertz CT molecular complexity index is 1310. The Labute approximate surface area is 179 Å². The summed E-state index contributed by atoms with van der Waals surface area (Å²) in [5.74, 6) is 0.718. The number of fused-ring (bicyclic) bond motifs is 1. The number of nitrogens with zero attached hydrogens (tertiary/aromatic N) is 5. The number of benzene rings is 2. The van der Waals surface area contributed by atoms with Crippen LogP contribution in [0.5, 0.6) is 0 Å². The monoisotopic (exact) mass is 419 g/mol. The minimum Gasteiger partial charge on any atom is -0.339 e. The predicted molar refractivity (Wildman–Crippen MR) is 119 cm³/mol. The first kappa shape index (κ1) is 20.6. The lowest BCUT2D eigenvalue weighted by molar-refractivity contribution is -0.118. The van der Waals surface area contributed by atoms with Crippen molar-refractivity contribution in [3.63, 3.8) is 0 Å². The zero-order valence-electron chi connectivity index (χ0n) is 18.3. The maximum atomic E-state index is 13.2. The molecule has 2 aromatic carbocycles. The van der Waals surface area contributed by atoms with Gasteiger partial charge in [-0.15, -0.1) is 0 Å². The van der Waals surface area contributed by atoms with Crippen molar-refractivity contribution in [3.8, 4) is 11.4 Å². The van der Waals surface area contributed by atoms with Crippen LogP contribution in [0.1, 0.15) is 31.3 Å². The van der Waals surface area contributed by atoms with E-state index in [9.17, 15) is 9.59 Å². The number of rotatable bonds is 5. The van der Waals surface area contributed by atoms with Crippen LogP contribution in [0.15, 0.2) is 51.8 Å². The fraction of sp³-hybridized carbons (Fsp3) is 0.304. The highest BCUT2D eigenvalue weighted by Gasteiger charge is 2.21. The third-order valence-electron chi connectivity index (χ3n) is 5.35. The highest BCUT2D eigenvalue weighted by atomic mass is 16.5. The first-order chi connectivity index (χ1) is 14.8. The minimum absolute atomic E-state index is 0.0561. The Morgan fingerprint density at radius 1 is 1.10 bits per heavy atom. The van der Waals surface area contributed by atoms with Gasteiger partial charge in [-0.1, -0.05) is 22.9 Å². The average molecular weight is 419 g/mol. The third kappa shape index (κ3) is 3.76. The molecule has 0 saturated carbocycles. The first-order valence-electron chi connectivity index (χ1n) is 10.1. The van der Waals surface area contributed by atoms with Crippen molar-refractivity contribution in [2.75, 3.05) is 11.9 Å². The molecule has 2 aromatic heterocycles. The average Bonchev–Trinajstić information content (AvgIpc) is 3.29. The van der Waals surface area contributed by atoms with Crippen LogP contribution < -0.4 is 10.6 Å². The number of aryl methyl sites for hydroxylation is 2. The molecule has 4 rings (SSSR count). The molecule has 160 valence electrons. The standard InChI is InChI=1S/C23H25N5O3/c1-14(2)28-19-11-8-17(22-24-16(4)31-25-22)12-20(19)27(23(28)30)13-21(29)26(5)18-9-6-15(3)7-10-18/h6-12,14H,13H2,1-5H3. The van der Waals surface area contributed by atoms with Crippen LogP contribution in [0.4, 0.5) is 5.69 Å². The molecule has 0 saturated heterocycles. The van der Waals surface area contributed by atoms with E-state index >= 15 is 0 Å². The molecule has 4 aromatic rings. The molecule has 0 N–H and O–H groups in total. The Balaban J connectivity index is 1.78. The number of carbonyl (C=O) groups excluding carboxylic acids is 1. The van der Waals surface area contributed by atoms with Crippen molar-refractivity contribution in [3.05, 3.63) is 64.4 Å². The maximum Gasteiger partial charge on any atom is 0.329 e. The molecule has 8 heteroatoms. The second kappa shape index (κ2) is 7.86. The van der Waals surface area contributed by atoms with Crippen LogP contribution >= 0.6 is 0 Å². The molecule has 0 unspecified atom stereocenters. The number of hydrogen-bond acceptors (Lipinski definition) is 5. The second-order valence-corrected chi connectivity index (χ2v) is 7.96. The number of likely N-dealkylation sites (N-methyl/N-ethyl adjacent to an activating group) is 1. The van der Waals surface area contributed by atoms with E-state index in [1.165, 1.54) is 4.57 Å². The van der Waals surface area contributed by atoms with Gasteiger partial charge in [-0.25, -0.2) is 4.79 Å². The SMILES string of the molecule is Cc1ccc(N(C)C(=O)Cn2c(=O)n(C(C)C)c3ccc(-c4noc(C)n4)cc32)cc1. The van der Waals surface area contributed by atoms with Gasteiger partial charge in [-0.2, -0.15) is 4.98 Å². The lowest BCUT2D eigenvalue weighted by atomic mass is 10.2. The molecule has 0 spiro atoms. The minimum atomic E-state index is -0.225. The summed E-state index contributed by atoms with van der Waals surface area (Å²) in [5, 5.41) is 3.97. The zero-order valence-corrected chi connectivity index (χ0v) is 18.3. The lowest BCUT2D eigenvalue weighted by Crippen LogP contribution is -2.34. The van der Waals surface area contributed by atoms with E-state index in [2.05, 4.69) is 10.1 Å². The van der Waals surface area contributed by atoms with Crippen molar-refractivity contribution in [2.45, 2.75) is 40.3 Å². The largest absolute Gasteiger partial charge is 0.339 e. The number of imidazole rings is 1. The van der Waals surface area contributed by atoms with Crippen molar-refractivity contribution in [1.29, 1.82) is 0 Å². The molecule has 1 amide bonds. The first-order valence-corrected chi connectivity index (χ1v) is 10.1. The molecular weight excluding hydrogens is 394 g/mol. The number of anilines is 1. The van der Waals surface area contributed by atoms with Gasteiger partial charge in [-0.05, 0) is 51.1 Å². The number of aromatic nitrogens is 4. The van der Waals surface area contributed by atoms with Gasteiger partial charge >= 0.3 is 5.69 Å². The summed E-state index contributed by atoms with van der Waals surface area (Å²) in [6.07, 6.45) is 0. The maximum absolute atomic E-state index is 13.2. The van der Waals surface area contributed by atoms with Crippen molar-refractivity contribution < 1.29 is 9.32 Å². The van der Waals surface area contributed by atoms with E-state index < -0.39 is 0 Å². The van der Waals surface area contributed by atoms with Crippen LogP contribution in [0, 0.1) is 13.8 Å². The zero-order chi connectivity index (χ0) is 22.3. The summed E-state index contributed by atoms with van der Waals surface area (Å²) >= 11 is 0. The molecule has 0 bridgehead atoms. The van der Waals surface area contributed by atoms with Crippen LogP contribution in [0.3, 0.4) is 0 Å². The number of carbonyl (C=O) groups is 1. The Morgan fingerprint density at radius 2 is 1.81 bits per heavy atom. The summed E-state index contributed by atoms with van der Waals surface area (Å²) in [5.41, 5.74) is 3.80. The van der Waals surface area contributed by atoms with Gasteiger partial charge in [-0.3, -0.25) is 13.9 Å². The molecule has 0 aliphatic carbocycles. The van der Waals surface area contributed by atoms with E-state index in [1.54, 1.807) is 23.4 Å². The van der Waals surface area contributed by atoms with Crippen LogP contribution in [0.25, 0.3) is 22.4 Å². The lowest BCUT2D eigenvalue weighted by Gasteiger charge is -2.18. The van der Waals surface area contributed by atoms with E-state index in [0.29, 0.717) is 17.2 Å². The van der Waals surface area contributed by atoms with E-state index in [-0.39, 0.29) is 24.2 Å². The molecule has 0 atom stereocenters. The Hall–Kier alpha value is -3.68. The van der Waals surface area contributed by atoms with Crippen molar-refractivity contribution >= 4 is 22.6 Å². The number of amides is 1. The van der Waals surface area contributed by atoms with Crippen LogP contribution in [-0.2, 0) is 11.3 Å². The van der Waals surface area contributed by atoms with Gasteiger partial charge in [0, 0.05) is 31.3 Å². The summed E-state index contributed by atoms with van der Waals surface area (Å²) in [7, 11) is 1.72. The van der Waals surface area contributed by atoms with E-state index in [0.717, 1.165) is 22.3 Å². The highest BCUT2D eigenvalue weighted by Crippen LogP contribution is 2.24. The molecule has 8 nitrogen and oxygen atoms in total. The molecular formula is C23H25N5O3. The van der Waals surface area contributed by atoms with Gasteiger partial charge in [0.05, 0.1) is 11.0 Å². The van der Waals surface area contributed by atoms with E-state index in [4.69, 9.17) is 4.52 Å². The van der Waals surface area contributed by atoms with E-state index in [1.807, 2.05) is 63.2 Å². The van der Waals surface area contributed by atoms with Gasteiger partial charge in [0.2, 0.25) is 17.6 Å². The van der Waals surface area contributed by atoms with Crippen LogP contribution in [0.2, 0.25) is 0 Å². The topological polar surface area (TPSA) is 86.2 Å². The van der Waals surface area contributed by atoms with Crippen molar-refractivity contribution in [2.24, 2.45) is 0 Å². The smallest absolute Gasteiger partial charge is 0.329 e. The molecule has 0 aliphatic heterocycles. The summed E-state index contributed by atoms with van der Waals surface area (Å²) in [4.78, 5) is 32.1. The fourth-order valence-corrected chi connectivity index (χ4v) is 3.64. The molecule has 0 fully saturated rings. The molecule has 2 heterocycles. The van der Waals surface area contributed by atoms with Gasteiger partial charge in [0.1, 0.15) is 6.54 Å². The normalized spacial score (nSPS) is 11.4. The van der Waals surface area contributed by atoms with Crippen LogP contribution in [-0.4, -0.2) is 32.2 Å². The van der Waals surface area contributed by atoms with Gasteiger partial charge < -0.3 is 9.42 Å². The summed E-state index contributed by atoms with van der Waals surface area (Å²) in [6, 6.07) is 13.2. The molecule has 0 aliphatic rings. The summed E-state index contributed by atoms with van der Waals surface area (Å²) in [6.45, 7) is 7.53. The quantitative estimate of drug-likeness (QED) is 0.492. The Kier molecular flexibility index (Phi) is 5.22. The van der Waals surface area contributed by atoms with Crippen molar-refractivity contribution in [1.82, 2.24) is 19.3 Å². The van der Waals surface area contributed by atoms with Gasteiger partial charge in [0.15, 0.2) is 0 Å². The second-order valence-electron chi connectivity index (χ2n) is 7.96. The third-order valence-corrected chi connectivity index (χ3v) is 5.35. The number of hydrogen-bond donors (Lipinski definition) is 0. The fourth-order valence-electron chi connectivity index (χ4n) is 3.64. The predicted octanol–water partition coefficient (Wildman–Crippen LogP) is 3.71. The summed E-state index contributed by atoms with van der Waals surface area (Å²) < 4.78 is 8.29. The Morgan fingerprint density at radius 3 is 2.42 bits per heavy atom.